The highest BCUT2D eigenvalue weighted by Gasteiger charge is 2.48. The summed E-state index contributed by atoms with van der Waals surface area (Å²) < 4.78 is 6.48. The molecule has 1 aliphatic rings. The van der Waals surface area contributed by atoms with E-state index in [-0.39, 0.29) is 5.91 Å². The molecule has 1 aromatic heterocycles. The first-order chi connectivity index (χ1) is 16.9. The molecule has 0 saturated carbocycles. The maximum Gasteiger partial charge on any atom is 0.326 e. The number of carboxylic acids is 1. The van der Waals surface area contributed by atoms with Crippen LogP contribution in [0.4, 0.5) is 0 Å². The molecule has 2 heterocycles. The molecule has 6 nitrogen and oxygen atoms in total. The Balaban J connectivity index is 1.85. The number of morpholine rings is 1. The second kappa shape index (κ2) is 11.2. The number of halogens is 2. The minimum Gasteiger partial charge on any atom is -0.480 e. The third-order valence-corrected chi connectivity index (χ3v) is 6.69. The molecular weight excluding hydrogens is 487 g/mol. The first kappa shape index (κ1) is 25.2. The monoisotopic (exact) mass is 512 g/mol. The lowest BCUT2D eigenvalue weighted by Gasteiger charge is -2.47. The molecule has 0 bridgehead atoms. The normalized spacial score (nSPS) is 21.1. The number of hydrogen-bond donors (Lipinski definition) is 1. The van der Waals surface area contributed by atoms with Gasteiger partial charge < -0.3 is 14.7 Å². The Kier molecular flexibility index (Phi) is 8.06. The molecule has 182 valence electrons. The molecule has 1 saturated heterocycles. The zero-order valence-corrected chi connectivity index (χ0v) is 20.7. The molecule has 0 unspecified atom stereocenters. The van der Waals surface area contributed by atoms with Gasteiger partial charge in [0.1, 0.15) is 18.2 Å². The Labute approximate surface area is 214 Å². The molecule has 1 fully saturated rings. The van der Waals surface area contributed by atoms with Crippen molar-refractivity contribution in [3.8, 4) is 0 Å². The number of carbonyl (C=O) groups excluding carboxylic acids is 1. The fourth-order valence-corrected chi connectivity index (χ4v) is 4.79. The highest BCUT2D eigenvalue weighted by atomic mass is 35.5. The predicted octanol–water partition coefficient (Wildman–Crippen LogP) is 5.89. The van der Waals surface area contributed by atoms with E-state index in [4.69, 9.17) is 27.9 Å². The predicted molar refractivity (Wildman–Crippen MR) is 134 cm³/mol. The van der Waals surface area contributed by atoms with Gasteiger partial charge in [-0.1, -0.05) is 60.8 Å². The lowest BCUT2D eigenvalue weighted by molar-refractivity contribution is -0.184. The van der Waals surface area contributed by atoms with Gasteiger partial charge in [-0.25, -0.2) is 4.79 Å². The largest absolute Gasteiger partial charge is 0.480 e. The van der Waals surface area contributed by atoms with Gasteiger partial charge in [0.25, 0.3) is 5.91 Å². The maximum absolute atomic E-state index is 13.9. The van der Waals surface area contributed by atoms with Crippen LogP contribution in [0.25, 0.3) is 0 Å². The molecule has 35 heavy (non-hydrogen) atoms. The molecule has 1 aliphatic heterocycles. The Morgan fingerprint density at radius 1 is 1.00 bits per heavy atom. The van der Waals surface area contributed by atoms with E-state index in [0.29, 0.717) is 29.3 Å². The summed E-state index contributed by atoms with van der Waals surface area (Å²) in [7, 11) is 0. The molecule has 8 heteroatoms. The van der Waals surface area contributed by atoms with Gasteiger partial charge in [-0.3, -0.25) is 9.78 Å². The van der Waals surface area contributed by atoms with Gasteiger partial charge in [-0.2, -0.15) is 0 Å². The summed E-state index contributed by atoms with van der Waals surface area (Å²) in [5.41, 5.74) is 2.42. The summed E-state index contributed by atoms with van der Waals surface area (Å²) >= 11 is 12.3. The van der Waals surface area contributed by atoms with Crippen molar-refractivity contribution in [3.63, 3.8) is 0 Å². The van der Waals surface area contributed by atoms with Gasteiger partial charge in [0.15, 0.2) is 0 Å². The second-order valence-electron chi connectivity index (χ2n) is 8.54. The van der Waals surface area contributed by atoms with E-state index >= 15 is 0 Å². The van der Waals surface area contributed by atoms with Crippen molar-refractivity contribution in [3.05, 3.63) is 99.8 Å². The van der Waals surface area contributed by atoms with Crippen molar-refractivity contribution in [2.75, 3.05) is 0 Å². The van der Waals surface area contributed by atoms with Gasteiger partial charge in [0, 0.05) is 28.9 Å². The molecule has 2 aromatic carbocycles. The number of aliphatic carboxylic acids is 1. The van der Waals surface area contributed by atoms with Gasteiger partial charge in [0.2, 0.25) is 0 Å². The summed E-state index contributed by atoms with van der Waals surface area (Å²) in [5, 5.41) is 11.3. The van der Waals surface area contributed by atoms with Gasteiger partial charge >= 0.3 is 5.97 Å². The zero-order valence-electron chi connectivity index (χ0n) is 19.2. The van der Waals surface area contributed by atoms with Crippen LogP contribution in [0.3, 0.4) is 0 Å². The van der Waals surface area contributed by atoms with Crippen LogP contribution in [0.5, 0.6) is 0 Å². The van der Waals surface area contributed by atoms with E-state index in [1.807, 2.05) is 43.3 Å². The van der Waals surface area contributed by atoms with Crippen LogP contribution in [0, 0.1) is 0 Å². The highest BCUT2D eigenvalue weighted by Crippen LogP contribution is 2.44. The Morgan fingerprint density at radius 2 is 1.57 bits per heavy atom. The van der Waals surface area contributed by atoms with E-state index in [9.17, 15) is 14.7 Å². The minimum absolute atomic E-state index is 0.299. The Bertz CT molecular complexity index is 1160. The quantitative estimate of drug-likeness (QED) is 0.406. The fourth-order valence-electron chi connectivity index (χ4n) is 4.54. The molecule has 3 aromatic rings. The molecule has 1 N–H and O–H groups in total. The molecular formula is C27H26Cl2N2O4. The van der Waals surface area contributed by atoms with Crippen molar-refractivity contribution >= 4 is 35.1 Å². The third kappa shape index (κ3) is 5.67. The lowest BCUT2D eigenvalue weighted by atomic mass is 9.89. The van der Waals surface area contributed by atoms with Crippen molar-refractivity contribution < 1.29 is 19.4 Å². The highest BCUT2D eigenvalue weighted by molar-refractivity contribution is 6.30. The lowest BCUT2D eigenvalue weighted by Crippen LogP contribution is -2.57. The number of hydrogen-bond acceptors (Lipinski definition) is 4. The van der Waals surface area contributed by atoms with Crippen LogP contribution < -0.4 is 0 Å². The molecule has 0 radical (unpaired) electrons. The molecule has 1 amide bonds. The van der Waals surface area contributed by atoms with Crippen molar-refractivity contribution in [1.82, 2.24) is 9.88 Å². The number of pyridine rings is 1. The van der Waals surface area contributed by atoms with Crippen molar-refractivity contribution in [1.29, 1.82) is 0 Å². The molecule has 0 spiro atoms. The summed E-state index contributed by atoms with van der Waals surface area (Å²) in [4.78, 5) is 31.9. The summed E-state index contributed by atoms with van der Waals surface area (Å²) in [6.45, 7) is 1.91. The van der Waals surface area contributed by atoms with E-state index in [1.54, 1.807) is 36.7 Å². The Hall–Kier alpha value is -2.93. The van der Waals surface area contributed by atoms with E-state index in [2.05, 4.69) is 4.98 Å². The van der Waals surface area contributed by atoms with Crippen LogP contribution in [0.15, 0.2) is 73.1 Å². The number of rotatable bonds is 8. The first-order valence-electron chi connectivity index (χ1n) is 11.5. The average molecular weight is 513 g/mol. The number of benzene rings is 2. The number of nitrogens with zero attached hydrogens (tertiary/aromatic N) is 2. The number of carbonyl (C=O) groups is 2. The van der Waals surface area contributed by atoms with E-state index in [0.717, 1.165) is 16.7 Å². The number of amides is 1. The maximum atomic E-state index is 13.9. The third-order valence-electron chi connectivity index (χ3n) is 6.19. The number of ether oxygens (including phenoxy) is 1. The van der Waals surface area contributed by atoms with Gasteiger partial charge in [-0.15, -0.1) is 0 Å². The second-order valence-corrected chi connectivity index (χ2v) is 9.41. The summed E-state index contributed by atoms with van der Waals surface area (Å²) in [6.07, 6.45) is 3.07. The minimum atomic E-state index is -1.04. The summed E-state index contributed by atoms with van der Waals surface area (Å²) in [5.74, 6) is -1.40. The number of carboxylic acid groups (broad SMARTS) is 1. The van der Waals surface area contributed by atoms with Crippen LogP contribution >= 0.6 is 23.2 Å². The van der Waals surface area contributed by atoms with Gasteiger partial charge in [-0.05, 0) is 59.5 Å². The molecule has 4 rings (SSSR count). The number of aromatic nitrogens is 1. The average Bonchev–Trinajstić information content (AvgIpc) is 2.85. The van der Waals surface area contributed by atoms with E-state index < -0.39 is 30.3 Å². The zero-order chi connectivity index (χ0) is 24.9. The summed E-state index contributed by atoms with van der Waals surface area (Å²) in [6, 6.07) is 16.3. The fraction of sp³-hybridized carbons (Fsp3) is 0.296. The smallest absolute Gasteiger partial charge is 0.326 e. The van der Waals surface area contributed by atoms with E-state index in [1.165, 1.54) is 4.90 Å². The molecule has 4 atom stereocenters. The van der Waals surface area contributed by atoms with Gasteiger partial charge in [0.05, 0.1) is 6.04 Å². The van der Waals surface area contributed by atoms with Crippen LogP contribution in [0.2, 0.25) is 10.0 Å². The van der Waals surface area contributed by atoms with Crippen LogP contribution in [0.1, 0.15) is 48.6 Å². The van der Waals surface area contributed by atoms with Crippen LogP contribution in [-0.2, 0) is 20.7 Å². The first-order valence-corrected chi connectivity index (χ1v) is 12.2. The van der Waals surface area contributed by atoms with Crippen molar-refractivity contribution in [2.45, 2.75) is 50.5 Å². The Morgan fingerprint density at radius 3 is 2.11 bits per heavy atom. The standard InChI is InChI=1S/C27H26Cl2N2O4/c1-2-3-22(27(33)34)31-24(18-4-8-20(28)9-5-18)25(19-6-10-21(29)11-7-19)35-23(26(31)32)16-17-12-14-30-15-13-17/h4-15,22-25H,2-3,16H2,1H3,(H,33,34)/t22-,23+,24-,25+/m0/s1. The SMILES string of the molecule is CCC[C@@H](C(=O)O)N1C(=O)[C@@H](Cc2ccncc2)O[C@H](c2ccc(Cl)cc2)[C@@H]1c1ccc(Cl)cc1. The van der Waals surface area contributed by atoms with Crippen LogP contribution in [-0.4, -0.2) is 39.0 Å². The molecule has 0 aliphatic carbocycles. The van der Waals surface area contributed by atoms with Crippen molar-refractivity contribution in [2.24, 2.45) is 0 Å². The topological polar surface area (TPSA) is 79.7 Å².